The Bertz CT molecular complexity index is 1690. The minimum atomic E-state index is -6.53. The van der Waals surface area contributed by atoms with Crippen molar-refractivity contribution >= 4 is 52.4 Å². The van der Waals surface area contributed by atoms with Crippen molar-refractivity contribution in [2.24, 2.45) is 23.7 Å². The van der Waals surface area contributed by atoms with Crippen molar-refractivity contribution < 1.29 is 34.9 Å². The zero-order chi connectivity index (χ0) is 33.1. The van der Waals surface area contributed by atoms with Crippen LogP contribution in [-0.2, 0) is 34.9 Å². The predicted octanol–water partition coefficient (Wildman–Crippen LogP) is 2.22. The van der Waals surface area contributed by atoms with Crippen molar-refractivity contribution in [3.63, 3.8) is 0 Å². The molecule has 3 aromatic carbocycles. The Balaban J connectivity index is 1.36. The Morgan fingerprint density at radius 1 is 0.500 bits per heavy atom. The van der Waals surface area contributed by atoms with Gasteiger partial charge in [-0.05, 0) is 0 Å². The van der Waals surface area contributed by atoms with Crippen LogP contribution in [0.4, 0.5) is 0 Å². The summed E-state index contributed by atoms with van der Waals surface area (Å²) in [6.45, 7) is 5.78. The third-order valence-electron chi connectivity index (χ3n) is 11.6. The molecule has 6 saturated heterocycles. The van der Waals surface area contributed by atoms with Crippen LogP contribution >= 0.6 is 0 Å². The van der Waals surface area contributed by atoms with Gasteiger partial charge in [0.1, 0.15) is 0 Å². The van der Waals surface area contributed by atoms with Gasteiger partial charge in [0.15, 0.2) is 0 Å². The SMILES string of the molecule is Cc1cccc[c]1[Sb]([O]N1C(=O)C2C(C1=O)[C@H]1CC[C@@H]2O1)([O]N1C(=O)C2C(C1=O)[C@H]1CC[C@@H]2O1)([c]1ccccc1C)[c]1ccccc1C. The summed E-state index contributed by atoms with van der Waals surface area (Å²) in [4.78, 5) is 58.0. The van der Waals surface area contributed by atoms with Crippen LogP contribution in [0, 0.1) is 44.4 Å². The first-order valence-corrected chi connectivity index (χ1v) is 22.7. The average molecular weight is 759 g/mol. The summed E-state index contributed by atoms with van der Waals surface area (Å²) in [6.07, 6.45) is 1.33. The molecule has 6 heterocycles. The molecule has 6 fully saturated rings. The van der Waals surface area contributed by atoms with Gasteiger partial charge >= 0.3 is 281 Å². The molecule has 10 nitrogen and oxygen atoms in total. The first kappa shape index (κ1) is 30.6. The van der Waals surface area contributed by atoms with E-state index in [1.165, 1.54) is 0 Å². The number of hydrogen-bond donors (Lipinski definition) is 0. The Morgan fingerprint density at radius 2 is 0.771 bits per heavy atom. The van der Waals surface area contributed by atoms with E-state index >= 15 is 0 Å². The molecule has 0 N–H and O–H groups in total. The number of amides is 4. The van der Waals surface area contributed by atoms with Crippen molar-refractivity contribution in [1.29, 1.82) is 0 Å². The number of nitrogens with zero attached hydrogens (tertiary/aromatic N) is 2. The average Bonchev–Trinajstić information content (AvgIpc) is 3.94. The first-order chi connectivity index (χ1) is 23.1. The van der Waals surface area contributed by atoms with Gasteiger partial charge in [-0.2, -0.15) is 0 Å². The molecule has 11 heteroatoms. The molecule has 248 valence electrons. The number of imide groups is 2. The summed E-state index contributed by atoms with van der Waals surface area (Å²) in [5.41, 5.74) is 2.32. The predicted molar refractivity (Wildman–Crippen MR) is 174 cm³/mol. The summed E-state index contributed by atoms with van der Waals surface area (Å²) in [6, 6.07) is 22.8. The van der Waals surface area contributed by atoms with Gasteiger partial charge in [0.25, 0.3) is 0 Å². The fourth-order valence-corrected chi connectivity index (χ4v) is 25.3. The van der Waals surface area contributed by atoms with Crippen LogP contribution in [0.2, 0.25) is 0 Å². The molecule has 48 heavy (non-hydrogen) atoms. The van der Waals surface area contributed by atoms with E-state index in [1.54, 1.807) is 0 Å². The van der Waals surface area contributed by atoms with E-state index < -0.39 is 65.5 Å². The summed E-state index contributed by atoms with van der Waals surface area (Å²) >= 11 is -6.53. The van der Waals surface area contributed by atoms with Gasteiger partial charge in [-0.25, -0.2) is 0 Å². The minimum absolute atomic E-state index is 0.363. The molecule has 0 spiro atoms. The van der Waals surface area contributed by atoms with Crippen LogP contribution < -0.4 is 10.5 Å². The fourth-order valence-electron chi connectivity index (χ4n) is 9.57. The van der Waals surface area contributed by atoms with Crippen LogP contribution in [0.25, 0.3) is 0 Å². The second-order valence-electron chi connectivity index (χ2n) is 14.1. The summed E-state index contributed by atoms with van der Waals surface area (Å²) in [5, 5.41) is 1.88. The quantitative estimate of drug-likeness (QED) is 0.267. The first-order valence-electron chi connectivity index (χ1n) is 16.8. The number of fused-ring (bicyclic) bond motifs is 10. The number of carbonyl (C=O) groups is 4. The van der Waals surface area contributed by atoms with Crippen molar-refractivity contribution in [2.75, 3.05) is 0 Å². The van der Waals surface area contributed by atoms with Crippen molar-refractivity contribution in [3.8, 4) is 0 Å². The van der Waals surface area contributed by atoms with E-state index in [4.69, 9.17) is 15.7 Å². The molecule has 3 aromatic rings. The third-order valence-corrected chi connectivity index (χ3v) is 26.1. The zero-order valence-electron chi connectivity index (χ0n) is 27.0. The number of ether oxygens (including phenoxy) is 2. The van der Waals surface area contributed by atoms with Gasteiger partial charge in [0.05, 0.1) is 0 Å². The Kier molecular flexibility index (Phi) is 6.73. The molecule has 0 radical (unpaired) electrons. The van der Waals surface area contributed by atoms with Gasteiger partial charge in [0.2, 0.25) is 0 Å². The van der Waals surface area contributed by atoms with Crippen molar-refractivity contribution in [2.45, 2.75) is 70.9 Å². The molecule has 0 aromatic heterocycles. The molecule has 8 atom stereocenters. The summed E-state index contributed by atoms with van der Waals surface area (Å²) < 4.78 is 28.7. The topological polar surface area (TPSA) is 112 Å². The molecular weight excluding hydrogens is 722 g/mol. The zero-order valence-corrected chi connectivity index (χ0v) is 29.5. The maximum absolute atomic E-state index is 14.5. The van der Waals surface area contributed by atoms with Crippen LogP contribution in [0.3, 0.4) is 0 Å². The second-order valence-corrected chi connectivity index (χ2v) is 24.6. The molecule has 4 unspecified atom stereocenters. The Morgan fingerprint density at radius 3 is 1.04 bits per heavy atom. The molecule has 4 bridgehead atoms. The van der Waals surface area contributed by atoms with Crippen LogP contribution in [0.5, 0.6) is 0 Å². The molecule has 0 saturated carbocycles. The molecule has 4 amide bonds. The van der Waals surface area contributed by atoms with E-state index in [1.807, 2.05) is 93.6 Å². The molecule has 6 aliphatic heterocycles. The molecule has 0 aliphatic carbocycles. The number of carbonyl (C=O) groups excluding carboxylic acids is 4. The number of rotatable bonds is 7. The fraction of sp³-hybridized carbons (Fsp3) is 0.405. The maximum atomic E-state index is 14.5. The van der Waals surface area contributed by atoms with Crippen LogP contribution in [0.1, 0.15) is 42.4 Å². The number of hydrogen-bond acceptors (Lipinski definition) is 8. The Labute approximate surface area is 280 Å². The van der Waals surface area contributed by atoms with Crippen molar-refractivity contribution in [1.82, 2.24) is 10.1 Å². The van der Waals surface area contributed by atoms with Gasteiger partial charge < -0.3 is 0 Å². The monoisotopic (exact) mass is 758 g/mol. The van der Waals surface area contributed by atoms with E-state index in [2.05, 4.69) is 0 Å². The van der Waals surface area contributed by atoms with Gasteiger partial charge in [-0.15, -0.1) is 0 Å². The van der Waals surface area contributed by atoms with Gasteiger partial charge in [0, 0.05) is 0 Å². The van der Waals surface area contributed by atoms with Gasteiger partial charge in [-0.3, -0.25) is 0 Å². The summed E-state index contributed by atoms with van der Waals surface area (Å²) in [7, 11) is 0. The standard InChI is InChI=1S/2C8H8NO4.3C7H7.Sb/c2*10-7-5-3-1-2-4(13-3)6(5)8(11)9(7)12;3*1-7-5-3-2-4-6-7;/h2*3-6H,1-2H2;3*2-5H,1H3;/q2*-1;;;;+2/t2*3-,4+,5?,6?;;;;. The summed E-state index contributed by atoms with van der Waals surface area (Å²) in [5.74, 6) is -4.55. The molecule has 9 rings (SSSR count). The number of benzene rings is 3. The van der Waals surface area contributed by atoms with Crippen LogP contribution in [-0.4, -0.2) is 76.4 Å². The van der Waals surface area contributed by atoms with Crippen molar-refractivity contribution in [3.05, 3.63) is 89.5 Å². The third kappa shape index (κ3) is 3.78. The number of hydroxylamine groups is 4. The van der Waals surface area contributed by atoms with E-state index in [0.717, 1.165) is 26.8 Å². The van der Waals surface area contributed by atoms with E-state index in [9.17, 15) is 19.2 Å². The molecule has 6 aliphatic rings. The van der Waals surface area contributed by atoms with E-state index in [-0.39, 0.29) is 24.4 Å². The van der Waals surface area contributed by atoms with E-state index in [0.29, 0.717) is 36.2 Å². The second kappa shape index (κ2) is 10.5. The Hall–Kier alpha value is -3.40. The van der Waals surface area contributed by atoms with Crippen LogP contribution in [0.15, 0.2) is 72.8 Å². The molecular formula is C37H37N2O8Sb. The van der Waals surface area contributed by atoms with Gasteiger partial charge in [-0.1, -0.05) is 0 Å². The normalized spacial score (nSPS) is 32.7. The number of aryl methyl sites for hydroxylation is 3.